The minimum Gasteiger partial charge on any atom is -0.481 e. The number of rotatable bonds is 32. The molecule has 86 heavy (non-hydrogen) atoms. The van der Waals surface area contributed by atoms with Gasteiger partial charge in [0.15, 0.2) is 5.96 Å². The third kappa shape index (κ3) is 20.0. The van der Waals surface area contributed by atoms with Crippen LogP contribution < -0.4 is 54.8 Å². The molecule has 2 aliphatic rings. The first kappa shape index (κ1) is 66.5. The first-order valence-corrected chi connectivity index (χ1v) is 29.3. The van der Waals surface area contributed by atoms with Crippen LogP contribution in [-0.2, 0) is 75.4 Å². The number of carbonyl (C=O) groups excluding carboxylic acids is 8. The fourth-order valence-corrected chi connectivity index (χ4v) is 10.4. The summed E-state index contributed by atoms with van der Waals surface area (Å²) in [6.45, 7) is 5.45. The fraction of sp³-hybridized carbons (Fsp3) is 0.500. The molecule has 0 saturated carbocycles. The number of aromatic nitrogens is 1. The number of carboxylic acid groups (broad SMARTS) is 1. The third-order valence-electron chi connectivity index (χ3n) is 15.2. The lowest BCUT2D eigenvalue weighted by Gasteiger charge is -2.38. The van der Waals surface area contributed by atoms with Gasteiger partial charge in [-0.25, -0.2) is 4.79 Å². The number of primary amides is 1. The molecular weight excluding hydrogens is 1110 g/mol. The van der Waals surface area contributed by atoms with Crippen LogP contribution in [0.25, 0.3) is 10.9 Å². The topological polar surface area (TPSA) is 397 Å². The van der Waals surface area contributed by atoms with Gasteiger partial charge in [0.1, 0.15) is 42.3 Å². The number of H-pyrrole nitrogens is 1. The summed E-state index contributed by atoms with van der Waals surface area (Å²) in [6.07, 6.45) is 3.24. The van der Waals surface area contributed by atoms with Crippen LogP contribution in [-0.4, -0.2) is 180 Å². The quantitative estimate of drug-likeness (QED) is 0.0176. The summed E-state index contributed by atoms with van der Waals surface area (Å²) in [4.78, 5) is 138. The number of benzene rings is 3. The van der Waals surface area contributed by atoms with E-state index >= 15 is 9.59 Å². The highest BCUT2D eigenvalue weighted by molar-refractivity contribution is 5.99. The summed E-state index contributed by atoms with van der Waals surface area (Å²) < 4.78 is 5.53. The minimum atomic E-state index is -1.70. The van der Waals surface area contributed by atoms with Crippen molar-refractivity contribution in [1.82, 2.24) is 51.6 Å². The van der Waals surface area contributed by atoms with Crippen LogP contribution in [0.5, 0.6) is 0 Å². The highest BCUT2D eigenvalue weighted by atomic mass is 16.5. The molecule has 2 aliphatic heterocycles. The number of carbonyl (C=O) groups is 9. The molecule has 16 N–H and O–H groups in total. The Morgan fingerprint density at radius 3 is 1.92 bits per heavy atom. The van der Waals surface area contributed by atoms with Gasteiger partial charge in [-0.3, -0.25) is 48.2 Å². The van der Waals surface area contributed by atoms with E-state index in [1.54, 1.807) is 30.5 Å². The van der Waals surface area contributed by atoms with Crippen molar-refractivity contribution < 1.29 is 53.0 Å². The predicted molar refractivity (Wildman–Crippen MR) is 322 cm³/mol. The molecule has 3 heterocycles. The lowest BCUT2D eigenvalue weighted by molar-refractivity contribution is -0.148. The number of nitrogens with one attached hydrogen (secondary N) is 7. The number of ether oxygens (including phenoxy) is 1. The molecule has 0 radical (unpaired) electrons. The van der Waals surface area contributed by atoms with Crippen LogP contribution in [0.2, 0.25) is 0 Å². The van der Waals surface area contributed by atoms with Crippen molar-refractivity contribution in [3.8, 4) is 0 Å². The van der Waals surface area contributed by atoms with Gasteiger partial charge < -0.3 is 79.5 Å². The Balaban J connectivity index is 1.34. The maximum atomic E-state index is 15.2. The van der Waals surface area contributed by atoms with Crippen LogP contribution in [0.3, 0.4) is 0 Å². The van der Waals surface area contributed by atoms with Crippen molar-refractivity contribution in [2.24, 2.45) is 27.9 Å². The number of aliphatic carboxylic acids is 1. The first-order valence-electron chi connectivity index (χ1n) is 29.3. The number of carboxylic acids is 1. The van der Waals surface area contributed by atoms with Crippen LogP contribution in [0.4, 0.5) is 4.79 Å². The van der Waals surface area contributed by atoms with Crippen molar-refractivity contribution in [3.05, 3.63) is 107 Å². The van der Waals surface area contributed by atoms with E-state index < -0.39 is 102 Å². The standard InChI is InChI=1S/C60H85N15O11/c1-4-5-16-46(72-60(85)73(2)3)54(80)71-49(33-51(76)77)58(84)75-36-40-14-7-6-13-39(40)32-50(75)57(83)70-47(30-37-20-22-38(23-21-37)35-74-26-28-86-29-27-74)55(81)68-45(19-12-25-65-59(63)64)53(79)69-48(31-41-34-66-43-17-9-8-15-42(41)43)56(82)67-44(52(62)78)18-10-11-24-61/h6-9,13-15,17,20-23,34,44-50,66H,4-5,10-12,16,18-19,24-33,35-36,61H2,1-3H3,(H2,62,78)(H,67,82)(H,68,81)(H,69,79)(H,70,83)(H,71,80)(H,72,85)(H,76,77)(H4,63,64,65)/t44-,45-,46-,47+,48-,49-,50-/m0/s1. The van der Waals surface area contributed by atoms with E-state index in [9.17, 15) is 38.7 Å². The molecule has 3 aromatic carbocycles. The molecule has 7 atom stereocenters. The zero-order valence-corrected chi connectivity index (χ0v) is 49.3. The van der Waals surface area contributed by atoms with E-state index in [0.717, 1.165) is 29.6 Å². The number of nitrogens with two attached hydrogens (primary N) is 4. The molecule has 9 amide bonds. The van der Waals surface area contributed by atoms with Crippen molar-refractivity contribution in [3.63, 3.8) is 0 Å². The number of urea groups is 1. The number of unbranched alkanes of at least 4 members (excludes halogenated alkanes) is 2. The zero-order valence-electron chi connectivity index (χ0n) is 49.3. The van der Waals surface area contributed by atoms with E-state index in [0.29, 0.717) is 74.2 Å². The Labute approximate surface area is 500 Å². The minimum absolute atomic E-state index is 0.0434. The number of amides is 9. The van der Waals surface area contributed by atoms with Gasteiger partial charge in [0.2, 0.25) is 41.4 Å². The number of morpholine rings is 1. The van der Waals surface area contributed by atoms with Crippen molar-refractivity contribution >= 4 is 70.2 Å². The average molecular weight is 1190 g/mol. The summed E-state index contributed by atoms with van der Waals surface area (Å²) in [5, 5.41) is 27.4. The van der Waals surface area contributed by atoms with Gasteiger partial charge in [0.05, 0.1) is 19.6 Å². The van der Waals surface area contributed by atoms with Crippen molar-refractivity contribution in [2.45, 2.75) is 139 Å². The molecule has 0 bridgehead atoms. The molecule has 26 heteroatoms. The lowest BCUT2D eigenvalue weighted by atomic mass is 9.92. The number of guanidine groups is 1. The lowest BCUT2D eigenvalue weighted by Crippen LogP contribution is -2.62. The number of fused-ring (bicyclic) bond motifs is 2. The molecule has 1 saturated heterocycles. The number of nitrogens with zero attached hydrogens (tertiary/aromatic N) is 4. The molecular formula is C60H85N15O11. The Bertz CT molecular complexity index is 3000. The van der Waals surface area contributed by atoms with Crippen LogP contribution in [0.1, 0.15) is 92.5 Å². The van der Waals surface area contributed by atoms with Crippen molar-refractivity contribution in [2.75, 3.05) is 53.5 Å². The zero-order chi connectivity index (χ0) is 62.3. The average Bonchev–Trinajstić information content (AvgIpc) is 4.08. The number of para-hydroxylation sites is 1. The SMILES string of the molecule is CCCC[C@H](NC(=O)N(C)C)C(=O)N[C@@H](CC(=O)O)C(=O)N1Cc2ccccc2C[C@H]1C(=O)N[C@H](Cc1ccc(CN2CCOCC2)cc1)C(=O)N[C@@H](CCCN=C(N)N)C(=O)N[C@@H](Cc1c[nH]c2ccccc12)C(=O)N[C@@H](CCCCN)C(N)=O. The largest absolute Gasteiger partial charge is 0.481 e. The fourth-order valence-electron chi connectivity index (χ4n) is 10.4. The Morgan fingerprint density at radius 1 is 0.686 bits per heavy atom. The highest BCUT2D eigenvalue weighted by Crippen LogP contribution is 2.26. The molecule has 0 unspecified atom stereocenters. The second-order valence-corrected chi connectivity index (χ2v) is 22.0. The maximum absolute atomic E-state index is 15.2. The second kappa shape index (κ2) is 33.2. The molecule has 26 nitrogen and oxygen atoms in total. The van der Waals surface area contributed by atoms with E-state index in [1.165, 1.54) is 23.9 Å². The highest BCUT2D eigenvalue weighted by Gasteiger charge is 2.41. The molecule has 6 rings (SSSR count). The van der Waals surface area contributed by atoms with Crippen LogP contribution >= 0.6 is 0 Å². The van der Waals surface area contributed by atoms with Crippen molar-refractivity contribution in [1.29, 1.82) is 0 Å². The predicted octanol–water partition coefficient (Wildman–Crippen LogP) is 0.135. The molecule has 0 aliphatic carbocycles. The summed E-state index contributed by atoms with van der Waals surface area (Å²) in [6, 6.07) is 11.9. The number of aromatic amines is 1. The molecule has 466 valence electrons. The number of hydrogen-bond acceptors (Lipinski definition) is 13. The number of hydrogen-bond donors (Lipinski definition) is 12. The Morgan fingerprint density at radius 2 is 1.27 bits per heavy atom. The van der Waals surface area contributed by atoms with E-state index in [4.69, 9.17) is 27.7 Å². The van der Waals surface area contributed by atoms with Crippen LogP contribution in [0.15, 0.2) is 84.0 Å². The van der Waals surface area contributed by atoms with Gasteiger partial charge in [-0.1, -0.05) is 86.5 Å². The molecule has 4 aromatic rings. The second-order valence-electron chi connectivity index (χ2n) is 22.0. The van der Waals surface area contributed by atoms with Gasteiger partial charge in [0, 0.05) is 83.2 Å². The van der Waals surface area contributed by atoms with Crippen LogP contribution in [0, 0.1) is 0 Å². The molecule has 1 fully saturated rings. The van der Waals surface area contributed by atoms with Gasteiger partial charge >= 0.3 is 12.0 Å². The van der Waals surface area contributed by atoms with Gasteiger partial charge in [-0.05, 0) is 79.0 Å². The molecule has 0 spiro atoms. The Hall–Kier alpha value is -8.62. The summed E-state index contributed by atoms with van der Waals surface area (Å²) in [7, 11) is 2.99. The number of aliphatic imine (C=N–C) groups is 1. The summed E-state index contributed by atoms with van der Waals surface area (Å²) in [5.74, 6) is -7.28. The van der Waals surface area contributed by atoms with E-state index in [-0.39, 0.29) is 64.0 Å². The van der Waals surface area contributed by atoms with E-state index in [1.807, 2.05) is 55.5 Å². The Kier molecular flexibility index (Phi) is 25.7. The summed E-state index contributed by atoms with van der Waals surface area (Å²) in [5.41, 5.74) is 27.1. The van der Waals surface area contributed by atoms with E-state index in [2.05, 4.69) is 46.8 Å². The van der Waals surface area contributed by atoms with Gasteiger partial charge in [-0.2, -0.15) is 0 Å². The van der Waals surface area contributed by atoms with Gasteiger partial charge in [0.25, 0.3) is 0 Å². The summed E-state index contributed by atoms with van der Waals surface area (Å²) >= 11 is 0. The first-order chi connectivity index (χ1) is 41.2. The van der Waals surface area contributed by atoms with Gasteiger partial charge in [-0.15, -0.1) is 0 Å². The normalized spacial score (nSPS) is 16.1. The smallest absolute Gasteiger partial charge is 0.317 e. The maximum Gasteiger partial charge on any atom is 0.317 e. The monoisotopic (exact) mass is 1190 g/mol. The third-order valence-corrected chi connectivity index (χ3v) is 15.2. The molecule has 1 aromatic heterocycles.